The fourth-order valence-electron chi connectivity index (χ4n) is 2.34. The summed E-state index contributed by atoms with van der Waals surface area (Å²) in [5, 5.41) is 3.66. The van der Waals surface area contributed by atoms with Crippen molar-refractivity contribution in [3.63, 3.8) is 0 Å². The number of anilines is 1. The Morgan fingerprint density at radius 3 is 2.62 bits per heavy atom. The van der Waals surface area contributed by atoms with Crippen LogP contribution in [0.5, 0.6) is 0 Å². The van der Waals surface area contributed by atoms with Crippen molar-refractivity contribution in [1.29, 1.82) is 0 Å². The molecule has 5 nitrogen and oxygen atoms in total. The quantitative estimate of drug-likeness (QED) is 0.724. The highest BCUT2D eigenvalue weighted by Gasteiger charge is 2.13. The number of amides is 1. The van der Waals surface area contributed by atoms with E-state index >= 15 is 0 Å². The molecule has 0 aliphatic heterocycles. The molecule has 0 fully saturated rings. The Morgan fingerprint density at radius 1 is 1.04 bits per heavy atom. The van der Waals surface area contributed by atoms with Crippen molar-refractivity contribution in [2.45, 2.75) is 16.5 Å². The molecule has 0 saturated carbocycles. The predicted molar refractivity (Wildman–Crippen MR) is 105 cm³/mol. The third-order valence-corrected chi connectivity index (χ3v) is 4.72. The summed E-state index contributed by atoms with van der Waals surface area (Å²) >= 11 is 1.48. The van der Waals surface area contributed by atoms with Gasteiger partial charge >= 0.3 is 0 Å². The van der Waals surface area contributed by atoms with Crippen LogP contribution < -0.4 is 10.2 Å². The molecule has 2 aromatic heterocycles. The minimum absolute atomic E-state index is 0.139. The van der Waals surface area contributed by atoms with Crippen molar-refractivity contribution in [2.24, 2.45) is 0 Å². The van der Waals surface area contributed by atoms with Gasteiger partial charge in [0.05, 0.1) is 5.56 Å². The lowest BCUT2D eigenvalue weighted by molar-refractivity contribution is 0.0947. The predicted octanol–water partition coefficient (Wildman–Crippen LogP) is 3.62. The van der Waals surface area contributed by atoms with Crippen LogP contribution in [0.3, 0.4) is 0 Å². The second kappa shape index (κ2) is 8.49. The van der Waals surface area contributed by atoms with Gasteiger partial charge in [-0.1, -0.05) is 30.0 Å². The van der Waals surface area contributed by atoms with Crippen LogP contribution in [0.2, 0.25) is 0 Å². The Balaban J connectivity index is 1.71. The number of pyridine rings is 2. The van der Waals surface area contributed by atoms with Gasteiger partial charge in [-0.15, -0.1) is 0 Å². The van der Waals surface area contributed by atoms with E-state index in [2.05, 4.69) is 15.3 Å². The van der Waals surface area contributed by atoms with Gasteiger partial charge in [-0.25, -0.2) is 9.97 Å². The number of nitrogens with zero attached hydrogens (tertiary/aromatic N) is 3. The van der Waals surface area contributed by atoms with Crippen molar-refractivity contribution < 1.29 is 4.79 Å². The number of aromatic nitrogens is 2. The van der Waals surface area contributed by atoms with E-state index in [9.17, 15) is 4.79 Å². The zero-order valence-electron chi connectivity index (χ0n) is 14.7. The first-order valence-electron chi connectivity index (χ1n) is 8.22. The Morgan fingerprint density at radius 2 is 1.85 bits per heavy atom. The zero-order chi connectivity index (χ0) is 18.4. The number of nitrogens with one attached hydrogen (secondary N) is 1. The molecule has 0 aliphatic carbocycles. The van der Waals surface area contributed by atoms with E-state index in [-0.39, 0.29) is 5.91 Å². The van der Waals surface area contributed by atoms with Gasteiger partial charge in [0.2, 0.25) is 0 Å². The second-order valence-corrected chi connectivity index (χ2v) is 6.93. The monoisotopic (exact) mass is 364 g/mol. The molecule has 3 rings (SSSR count). The maximum atomic E-state index is 12.7. The number of benzene rings is 1. The van der Waals surface area contributed by atoms with E-state index in [1.807, 2.05) is 61.5 Å². The Kier molecular flexibility index (Phi) is 5.86. The molecule has 1 amide bonds. The van der Waals surface area contributed by atoms with E-state index in [4.69, 9.17) is 0 Å². The molecule has 1 N–H and O–H groups in total. The summed E-state index contributed by atoms with van der Waals surface area (Å²) in [5.74, 6) is 0.721. The maximum absolute atomic E-state index is 12.7. The summed E-state index contributed by atoms with van der Waals surface area (Å²) in [6, 6.07) is 17.3. The molecule has 0 radical (unpaired) electrons. The molecule has 2 heterocycles. The summed E-state index contributed by atoms with van der Waals surface area (Å²) in [6.45, 7) is 0.437. The van der Waals surface area contributed by atoms with Gasteiger partial charge in [-0.3, -0.25) is 4.79 Å². The van der Waals surface area contributed by atoms with Crippen LogP contribution in [-0.4, -0.2) is 30.0 Å². The molecular weight excluding hydrogens is 344 g/mol. The molecule has 3 aromatic rings. The molecule has 0 spiro atoms. The molecule has 0 saturated heterocycles. The number of hydrogen-bond donors (Lipinski definition) is 1. The molecule has 0 unspecified atom stereocenters. The van der Waals surface area contributed by atoms with Gasteiger partial charge in [-0.05, 0) is 42.0 Å². The number of hydrogen-bond acceptors (Lipinski definition) is 5. The lowest BCUT2D eigenvalue weighted by atomic mass is 10.2. The van der Waals surface area contributed by atoms with Gasteiger partial charge in [-0.2, -0.15) is 0 Å². The molecule has 1 aromatic carbocycles. The molecule has 6 heteroatoms. The first-order chi connectivity index (χ1) is 12.6. The molecule has 0 atom stereocenters. The Labute approximate surface area is 157 Å². The zero-order valence-corrected chi connectivity index (χ0v) is 15.5. The number of carbonyl (C=O) groups is 1. The minimum Gasteiger partial charge on any atom is -0.363 e. The molecule has 132 valence electrons. The van der Waals surface area contributed by atoms with Crippen LogP contribution in [0, 0.1) is 0 Å². The van der Waals surface area contributed by atoms with Gasteiger partial charge in [0, 0.05) is 37.9 Å². The first kappa shape index (κ1) is 17.9. The average molecular weight is 364 g/mol. The standard InChI is InChI=1S/C20H20N4OS/c1-24(2)18-13-15(10-12-21-18)14-23-19(25)17-9-6-11-22-20(17)26-16-7-4-3-5-8-16/h3-13H,14H2,1-2H3,(H,23,25). The van der Waals surface area contributed by atoms with Crippen LogP contribution in [0.4, 0.5) is 5.82 Å². The van der Waals surface area contributed by atoms with Gasteiger partial charge in [0.15, 0.2) is 0 Å². The average Bonchev–Trinajstić information content (AvgIpc) is 2.67. The minimum atomic E-state index is -0.139. The smallest absolute Gasteiger partial charge is 0.254 e. The van der Waals surface area contributed by atoms with Crippen LogP contribution in [-0.2, 0) is 6.54 Å². The Bertz CT molecular complexity index is 884. The van der Waals surface area contributed by atoms with Crippen molar-refractivity contribution in [1.82, 2.24) is 15.3 Å². The Hall–Kier alpha value is -2.86. The maximum Gasteiger partial charge on any atom is 0.254 e. The van der Waals surface area contributed by atoms with Gasteiger partial charge in [0.1, 0.15) is 10.8 Å². The summed E-state index contributed by atoms with van der Waals surface area (Å²) < 4.78 is 0. The fourth-order valence-corrected chi connectivity index (χ4v) is 3.24. The lowest BCUT2D eigenvalue weighted by Gasteiger charge is -2.13. The van der Waals surface area contributed by atoms with Crippen molar-refractivity contribution in [3.05, 3.63) is 78.1 Å². The fraction of sp³-hybridized carbons (Fsp3) is 0.150. The first-order valence-corrected chi connectivity index (χ1v) is 9.03. The highest BCUT2D eigenvalue weighted by atomic mass is 32.2. The SMILES string of the molecule is CN(C)c1cc(CNC(=O)c2cccnc2Sc2ccccc2)ccn1. The number of rotatable bonds is 6. The third kappa shape index (κ3) is 4.61. The van der Waals surface area contributed by atoms with E-state index in [0.717, 1.165) is 16.3 Å². The van der Waals surface area contributed by atoms with E-state index < -0.39 is 0 Å². The largest absolute Gasteiger partial charge is 0.363 e. The molecule has 26 heavy (non-hydrogen) atoms. The van der Waals surface area contributed by atoms with Crippen molar-refractivity contribution in [2.75, 3.05) is 19.0 Å². The summed E-state index contributed by atoms with van der Waals surface area (Å²) in [4.78, 5) is 24.3. The van der Waals surface area contributed by atoms with Gasteiger partial charge in [0.25, 0.3) is 5.91 Å². The lowest BCUT2D eigenvalue weighted by Crippen LogP contribution is -2.24. The van der Waals surface area contributed by atoms with E-state index in [1.54, 1.807) is 24.5 Å². The molecule has 0 aliphatic rings. The highest BCUT2D eigenvalue weighted by Crippen LogP contribution is 2.28. The second-order valence-electron chi connectivity index (χ2n) is 5.87. The summed E-state index contributed by atoms with van der Waals surface area (Å²) in [5.41, 5.74) is 1.57. The van der Waals surface area contributed by atoms with Crippen molar-refractivity contribution in [3.8, 4) is 0 Å². The summed E-state index contributed by atoms with van der Waals surface area (Å²) in [6.07, 6.45) is 3.45. The normalized spacial score (nSPS) is 10.4. The van der Waals surface area contributed by atoms with Gasteiger partial charge < -0.3 is 10.2 Å². The van der Waals surface area contributed by atoms with Crippen LogP contribution >= 0.6 is 11.8 Å². The third-order valence-electron chi connectivity index (χ3n) is 3.69. The number of carbonyl (C=O) groups excluding carboxylic acids is 1. The molecule has 0 bridgehead atoms. The van der Waals surface area contributed by atoms with E-state index in [0.29, 0.717) is 17.1 Å². The topological polar surface area (TPSA) is 58.1 Å². The highest BCUT2D eigenvalue weighted by molar-refractivity contribution is 7.99. The van der Waals surface area contributed by atoms with Crippen LogP contribution in [0.1, 0.15) is 15.9 Å². The summed E-state index contributed by atoms with van der Waals surface area (Å²) in [7, 11) is 3.88. The van der Waals surface area contributed by atoms with E-state index in [1.165, 1.54) is 11.8 Å². The van der Waals surface area contributed by atoms with Crippen LogP contribution in [0.25, 0.3) is 0 Å². The molecular formula is C20H20N4OS. The van der Waals surface area contributed by atoms with Crippen LogP contribution in [0.15, 0.2) is 76.9 Å². The van der Waals surface area contributed by atoms with Crippen molar-refractivity contribution >= 4 is 23.5 Å².